The number of hydrogen-bond donors (Lipinski definition) is 3. The molecule has 0 aliphatic heterocycles. The fraction of sp³-hybridized carbons (Fsp3) is 0.667. The third-order valence-corrected chi connectivity index (χ3v) is 0.563. The van der Waals surface area contributed by atoms with E-state index in [0.717, 1.165) is 0 Å². The zero-order valence-corrected chi connectivity index (χ0v) is 4.08. The summed E-state index contributed by atoms with van der Waals surface area (Å²) < 4.78 is 22.6. The molecule has 1 atom stereocenters. The first-order chi connectivity index (χ1) is 3.85. The number of hydrogen-bond acceptors (Lipinski definition) is 3. The van der Waals surface area contributed by atoms with Gasteiger partial charge < -0.3 is 15.3 Å². The lowest BCUT2D eigenvalue weighted by Crippen LogP contribution is -2.39. The third kappa shape index (κ3) is 2.34. The van der Waals surface area contributed by atoms with Crippen LogP contribution in [-0.2, 0) is 4.79 Å². The maximum Gasteiger partial charge on any atom is 0.390 e. The van der Waals surface area contributed by atoms with Crippen LogP contribution < -0.4 is 0 Å². The topological polar surface area (TPSA) is 77.8 Å². The summed E-state index contributed by atoms with van der Waals surface area (Å²) in [5, 5.41) is 23.0. The minimum Gasteiger partial charge on any atom is -0.479 e. The summed E-state index contributed by atoms with van der Waals surface area (Å²) >= 11 is 0. The summed E-state index contributed by atoms with van der Waals surface area (Å²) in [6.45, 7) is 0. The molecule has 6 heteroatoms. The maximum absolute atomic E-state index is 11.3. The summed E-state index contributed by atoms with van der Waals surface area (Å²) in [6.07, 6.45) is -7.61. The van der Waals surface area contributed by atoms with Crippen molar-refractivity contribution in [2.45, 2.75) is 12.2 Å². The molecule has 54 valence electrons. The summed E-state index contributed by atoms with van der Waals surface area (Å²) in [7, 11) is 0. The van der Waals surface area contributed by atoms with E-state index in [2.05, 4.69) is 0 Å². The van der Waals surface area contributed by atoms with Crippen LogP contribution in [0.5, 0.6) is 0 Å². The van der Waals surface area contributed by atoms with Gasteiger partial charge in [0.2, 0.25) is 6.10 Å². The van der Waals surface area contributed by atoms with Crippen molar-refractivity contribution in [1.29, 1.82) is 0 Å². The predicted molar refractivity (Wildman–Crippen MR) is 20.8 cm³/mol. The first kappa shape index (κ1) is 8.25. The van der Waals surface area contributed by atoms with Crippen LogP contribution in [0.3, 0.4) is 0 Å². The Morgan fingerprint density at radius 3 is 1.89 bits per heavy atom. The van der Waals surface area contributed by atoms with Gasteiger partial charge in [-0.25, -0.2) is 4.79 Å². The van der Waals surface area contributed by atoms with Crippen LogP contribution in [0.1, 0.15) is 0 Å². The van der Waals surface area contributed by atoms with Crippen LogP contribution in [0.4, 0.5) is 8.78 Å². The number of carboxylic acids is 1. The molecule has 3 N–H and O–H groups in total. The van der Waals surface area contributed by atoms with Gasteiger partial charge >= 0.3 is 12.1 Å². The van der Waals surface area contributed by atoms with Crippen molar-refractivity contribution in [2.75, 3.05) is 0 Å². The molecule has 0 saturated heterocycles. The van der Waals surface area contributed by atoms with Gasteiger partial charge in [0.1, 0.15) is 0 Å². The number of aliphatic hydroxyl groups excluding tert-OH is 1. The van der Waals surface area contributed by atoms with Crippen molar-refractivity contribution in [3.05, 3.63) is 0 Å². The smallest absolute Gasteiger partial charge is 0.390 e. The van der Waals surface area contributed by atoms with Gasteiger partial charge in [0.25, 0.3) is 0 Å². The van der Waals surface area contributed by atoms with Gasteiger partial charge in [-0.1, -0.05) is 0 Å². The molecule has 0 radical (unpaired) electrons. The molecule has 4 nitrogen and oxygen atoms in total. The highest BCUT2D eigenvalue weighted by molar-refractivity contribution is 5.72. The van der Waals surface area contributed by atoms with Crippen molar-refractivity contribution < 1.29 is 28.9 Å². The minimum absolute atomic E-state index is 2.16. The Morgan fingerprint density at radius 1 is 1.56 bits per heavy atom. The lowest BCUT2D eigenvalue weighted by atomic mass is 10.3. The second kappa shape index (κ2) is 2.24. The van der Waals surface area contributed by atoms with E-state index in [0.29, 0.717) is 0 Å². The Bertz CT molecular complexity index is 117. The first-order valence-corrected chi connectivity index (χ1v) is 1.86. The number of alkyl halides is 2. The second-order valence-corrected chi connectivity index (χ2v) is 1.33. The predicted octanol–water partition coefficient (Wildman–Crippen LogP) is -0.983. The summed E-state index contributed by atoms with van der Waals surface area (Å²) in [6, 6.07) is 0. The molecule has 0 heterocycles. The van der Waals surface area contributed by atoms with Gasteiger partial charge in [-0.3, -0.25) is 0 Å². The van der Waals surface area contributed by atoms with Crippen molar-refractivity contribution >= 4 is 5.97 Å². The quantitative estimate of drug-likeness (QED) is 0.463. The molecule has 0 aromatic heterocycles. The average molecular weight is 142 g/mol. The Labute approximate surface area is 48.3 Å². The molecular formula is C3H4F2O4. The Balaban J connectivity index is 4.04. The summed E-state index contributed by atoms with van der Waals surface area (Å²) in [5.41, 5.74) is 0. The van der Waals surface area contributed by atoms with E-state index in [4.69, 9.17) is 15.3 Å². The van der Waals surface area contributed by atoms with E-state index in [1.165, 1.54) is 0 Å². The van der Waals surface area contributed by atoms with Gasteiger partial charge in [-0.05, 0) is 0 Å². The highest BCUT2D eigenvalue weighted by atomic mass is 19.3. The number of carboxylic acid groups (broad SMARTS) is 1. The lowest BCUT2D eigenvalue weighted by molar-refractivity contribution is -0.258. The largest absolute Gasteiger partial charge is 0.479 e. The maximum atomic E-state index is 11.3. The summed E-state index contributed by atoms with van der Waals surface area (Å²) in [5.74, 6) is -2.16. The Kier molecular flexibility index (Phi) is 2.05. The van der Waals surface area contributed by atoms with Crippen molar-refractivity contribution in [3.8, 4) is 0 Å². The van der Waals surface area contributed by atoms with Crippen LogP contribution in [0.15, 0.2) is 0 Å². The van der Waals surface area contributed by atoms with Crippen LogP contribution >= 0.6 is 0 Å². The van der Waals surface area contributed by atoms with Crippen LogP contribution in [0.25, 0.3) is 0 Å². The molecule has 0 aromatic carbocycles. The van der Waals surface area contributed by atoms with Gasteiger partial charge in [0.15, 0.2) is 0 Å². The van der Waals surface area contributed by atoms with Crippen molar-refractivity contribution in [2.24, 2.45) is 0 Å². The second-order valence-electron chi connectivity index (χ2n) is 1.33. The summed E-state index contributed by atoms with van der Waals surface area (Å²) in [4.78, 5) is 9.46. The molecular weight excluding hydrogens is 138 g/mol. The highest BCUT2D eigenvalue weighted by Crippen LogP contribution is 2.13. The third-order valence-electron chi connectivity index (χ3n) is 0.563. The fourth-order valence-corrected chi connectivity index (χ4v) is 0.149. The highest BCUT2D eigenvalue weighted by Gasteiger charge is 2.41. The van der Waals surface area contributed by atoms with E-state index in [9.17, 15) is 13.6 Å². The molecule has 1 unspecified atom stereocenters. The molecule has 0 fully saturated rings. The van der Waals surface area contributed by atoms with Crippen LogP contribution in [0.2, 0.25) is 0 Å². The van der Waals surface area contributed by atoms with Crippen molar-refractivity contribution in [1.82, 2.24) is 0 Å². The van der Waals surface area contributed by atoms with E-state index in [1.54, 1.807) is 0 Å². The first-order valence-electron chi connectivity index (χ1n) is 1.86. The number of rotatable bonds is 2. The molecule has 0 aliphatic rings. The fourth-order valence-electron chi connectivity index (χ4n) is 0.149. The number of halogens is 2. The molecule has 0 rings (SSSR count). The van der Waals surface area contributed by atoms with Crippen LogP contribution in [0, 0.1) is 0 Å². The van der Waals surface area contributed by atoms with Gasteiger partial charge in [-0.2, -0.15) is 8.78 Å². The average Bonchev–Trinajstić information content (AvgIpc) is 1.62. The Hall–Kier alpha value is -0.750. The van der Waals surface area contributed by atoms with E-state index >= 15 is 0 Å². The molecule has 0 bridgehead atoms. The number of aliphatic carboxylic acids is 1. The number of aliphatic hydroxyl groups is 2. The molecule has 0 spiro atoms. The van der Waals surface area contributed by atoms with Gasteiger partial charge in [0, 0.05) is 0 Å². The SMILES string of the molecule is O=C(O)C(O)C(O)(F)F. The van der Waals surface area contributed by atoms with Crippen molar-refractivity contribution in [3.63, 3.8) is 0 Å². The number of carbonyl (C=O) groups is 1. The minimum atomic E-state index is -4.56. The van der Waals surface area contributed by atoms with Gasteiger partial charge in [0.05, 0.1) is 0 Å². The zero-order valence-electron chi connectivity index (χ0n) is 4.08. The van der Waals surface area contributed by atoms with E-state index in [-0.39, 0.29) is 0 Å². The van der Waals surface area contributed by atoms with Gasteiger partial charge in [-0.15, -0.1) is 0 Å². The van der Waals surface area contributed by atoms with E-state index in [1.807, 2.05) is 0 Å². The normalized spacial score (nSPS) is 15.1. The zero-order chi connectivity index (χ0) is 7.65. The molecule has 0 aliphatic carbocycles. The van der Waals surface area contributed by atoms with Crippen LogP contribution in [-0.4, -0.2) is 33.5 Å². The molecule has 0 saturated carbocycles. The Morgan fingerprint density at radius 2 is 1.89 bits per heavy atom. The molecule has 0 aromatic rings. The van der Waals surface area contributed by atoms with E-state index < -0.39 is 18.2 Å². The monoisotopic (exact) mass is 142 g/mol. The molecule has 0 amide bonds. The molecule has 9 heavy (non-hydrogen) atoms. The standard InChI is InChI=1S/C3H4F2O4/c4-3(5,9)1(6)2(7)8/h1,6,9H,(H,7,8). The lowest BCUT2D eigenvalue weighted by Gasteiger charge is -2.10.